The molecule has 0 spiro atoms. The molecule has 2 aliphatic rings. The maximum atomic E-state index is 13.0. The quantitative estimate of drug-likeness (QED) is 0.795. The van der Waals surface area contributed by atoms with Crippen molar-refractivity contribution < 1.29 is 14.3 Å². The molecule has 0 aromatic heterocycles. The number of carbonyl (C=O) groups excluding carboxylic acids is 1. The summed E-state index contributed by atoms with van der Waals surface area (Å²) < 4.78 is 13.0. The highest BCUT2D eigenvalue weighted by Gasteiger charge is 2.34. The van der Waals surface area contributed by atoms with Crippen LogP contribution in [0.1, 0.15) is 44.3 Å². The first kappa shape index (κ1) is 18.1. The van der Waals surface area contributed by atoms with Gasteiger partial charge in [0.1, 0.15) is 5.82 Å². The Balaban J connectivity index is 1.55. The number of rotatable bonds is 7. The zero-order valence-electron chi connectivity index (χ0n) is 14.8. The molecule has 1 heterocycles. The summed E-state index contributed by atoms with van der Waals surface area (Å²) in [4.78, 5) is 16.8. The highest BCUT2D eigenvalue weighted by Crippen LogP contribution is 2.29. The first-order valence-corrected chi connectivity index (χ1v) is 9.30. The van der Waals surface area contributed by atoms with Crippen molar-refractivity contribution in [1.82, 2.24) is 15.1 Å². The molecule has 0 bridgehead atoms. The van der Waals surface area contributed by atoms with Gasteiger partial charge in [-0.3, -0.25) is 4.90 Å². The highest BCUT2D eigenvalue weighted by atomic mass is 19.1. The van der Waals surface area contributed by atoms with Gasteiger partial charge in [-0.1, -0.05) is 19.1 Å². The van der Waals surface area contributed by atoms with E-state index >= 15 is 0 Å². The molecule has 2 N–H and O–H groups in total. The fraction of sp³-hybridized carbons (Fsp3) is 0.632. The lowest BCUT2D eigenvalue weighted by Gasteiger charge is -2.28. The van der Waals surface area contributed by atoms with E-state index in [-0.39, 0.29) is 24.4 Å². The monoisotopic (exact) mass is 349 g/mol. The standard InChI is InChI=1S/C19H28FN3O2/c1-2-22-11-3-4-17(22)12-21-19(25)23(16-9-10-16)13-18(24)14-5-7-15(20)8-6-14/h5-8,16-18,24H,2-4,9-13H2,1H3,(H,21,25). The molecule has 25 heavy (non-hydrogen) atoms. The smallest absolute Gasteiger partial charge is 0.317 e. The van der Waals surface area contributed by atoms with E-state index in [1.165, 1.54) is 18.6 Å². The molecule has 2 unspecified atom stereocenters. The van der Waals surface area contributed by atoms with Crippen molar-refractivity contribution in [3.8, 4) is 0 Å². The van der Waals surface area contributed by atoms with Gasteiger partial charge >= 0.3 is 6.03 Å². The Labute approximate surface area is 148 Å². The van der Waals surface area contributed by atoms with Gasteiger partial charge in [0, 0.05) is 18.6 Å². The summed E-state index contributed by atoms with van der Waals surface area (Å²) >= 11 is 0. The van der Waals surface area contributed by atoms with Crippen LogP contribution in [0, 0.1) is 5.82 Å². The van der Waals surface area contributed by atoms with Crippen molar-refractivity contribution in [2.75, 3.05) is 26.2 Å². The van der Waals surface area contributed by atoms with Crippen molar-refractivity contribution in [3.05, 3.63) is 35.6 Å². The van der Waals surface area contributed by atoms with Crippen LogP contribution in [0.25, 0.3) is 0 Å². The van der Waals surface area contributed by atoms with Crippen LogP contribution in [0.5, 0.6) is 0 Å². The Morgan fingerprint density at radius 3 is 2.72 bits per heavy atom. The molecule has 1 aromatic carbocycles. The maximum absolute atomic E-state index is 13.0. The summed E-state index contributed by atoms with van der Waals surface area (Å²) in [5.74, 6) is -0.329. The van der Waals surface area contributed by atoms with Crippen molar-refractivity contribution >= 4 is 6.03 Å². The number of likely N-dealkylation sites (N-methyl/N-ethyl adjacent to an activating group) is 1. The van der Waals surface area contributed by atoms with Gasteiger partial charge in [0.05, 0.1) is 12.6 Å². The number of aliphatic hydroxyl groups is 1. The number of aliphatic hydroxyl groups excluding tert-OH is 1. The Morgan fingerprint density at radius 2 is 2.08 bits per heavy atom. The van der Waals surface area contributed by atoms with Crippen LogP contribution in [0.3, 0.4) is 0 Å². The summed E-state index contributed by atoms with van der Waals surface area (Å²) in [6, 6.07) is 6.32. The molecule has 5 nitrogen and oxygen atoms in total. The second kappa shape index (κ2) is 8.15. The zero-order chi connectivity index (χ0) is 17.8. The minimum atomic E-state index is -0.800. The molecule has 2 atom stereocenters. The number of halogens is 1. The molecule has 6 heteroatoms. The predicted molar refractivity (Wildman–Crippen MR) is 94.8 cm³/mol. The Bertz CT molecular complexity index is 577. The topological polar surface area (TPSA) is 55.8 Å². The predicted octanol–water partition coefficient (Wildman–Crippen LogP) is 2.52. The Hall–Kier alpha value is -1.66. The van der Waals surface area contributed by atoms with E-state index in [4.69, 9.17) is 0 Å². The van der Waals surface area contributed by atoms with Crippen LogP contribution in [0.4, 0.5) is 9.18 Å². The molecule has 138 valence electrons. The van der Waals surface area contributed by atoms with E-state index in [0.29, 0.717) is 18.2 Å². The van der Waals surface area contributed by atoms with E-state index in [0.717, 1.165) is 32.4 Å². The molecule has 1 saturated carbocycles. The van der Waals surface area contributed by atoms with Gasteiger partial charge in [0.15, 0.2) is 0 Å². The number of carbonyl (C=O) groups is 1. The van der Waals surface area contributed by atoms with E-state index in [1.54, 1.807) is 17.0 Å². The molecule has 1 aromatic rings. The molecule has 1 aliphatic carbocycles. The highest BCUT2D eigenvalue weighted by molar-refractivity contribution is 5.75. The molecule has 2 amide bonds. The summed E-state index contributed by atoms with van der Waals surface area (Å²) in [5.41, 5.74) is 0.632. The van der Waals surface area contributed by atoms with Crippen LogP contribution in [-0.2, 0) is 0 Å². The number of benzene rings is 1. The number of nitrogens with zero attached hydrogens (tertiary/aromatic N) is 2. The average molecular weight is 349 g/mol. The van der Waals surface area contributed by atoms with Crippen molar-refractivity contribution in [2.24, 2.45) is 0 Å². The summed E-state index contributed by atoms with van der Waals surface area (Å²) in [6.45, 7) is 5.16. The lowest BCUT2D eigenvalue weighted by Crippen LogP contribution is -2.47. The second-order valence-corrected chi connectivity index (χ2v) is 7.06. The molecule has 1 saturated heterocycles. The van der Waals surface area contributed by atoms with Gasteiger partial charge < -0.3 is 15.3 Å². The van der Waals surface area contributed by atoms with Crippen LogP contribution >= 0.6 is 0 Å². The first-order valence-electron chi connectivity index (χ1n) is 9.30. The third-order valence-corrected chi connectivity index (χ3v) is 5.27. The largest absolute Gasteiger partial charge is 0.387 e. The number of urea groups is 1. The zero-order valence-corrected chi connectivity index (χ0v) is 14.8. The first-order chi connectivity index (χ1) is 12.1. The Kier molecular flexibility index (Phi) is 5.91. The van der Waals surface area contributed by atoms with Crippen LogP contribution in [0.2, 0.25) is 0 Å². The number of amides is 2. The number of hydrogen-bond donors (Lipinski definition) is 2. The Morgan fingerprint density at radius 1 is 1.36 bits per heavy atom. The number of nitrogens with one attached hydrogen (secondary N) is 1. The van der Waals surface area contributed by atoms with E-state index in [1.807, 2.05) is 0 Å². The average Bonchev–Trinajstić information content (AvgIpc) is 3.35. The van der Waals surface area contributed by atoms with Crippen molar-refractivity contribution in [3.63, 3.8) is 0 Å². The van der Waals surface area contributed by atoms with Crippen molar-refractivity contribution in [2.45, 2.75) is 50.8 Å². The van der Waals surface area contributed by atoms with Crippen LogP contribution in [0.15, 0.2) is 24.3 Å². The lowest BCUT2D eigenvalue weighted by molar-refractivity contribution is 0.117. The number of likely N-dealkylation sites (tertiary alicyclic amines) is 1. The normalized spacial score (nSPS) is 22.0. The van der Waals surface area contributed by atoms with Gasteiger partial charge in [0.2, 0.25) is 0 Å². The van der Waals surface area contributed by atoms with Crippen LogP contribution < -0.4 is 5.32 Å². The van der Waals surface area contributed by atoms with Gasteiger partial charge in [-0.2, -0.15) is 0 Å². The van der Waals surface area contributed by atoms with Crippen LogP contribution in [-0.4, -0.2) is 59.2 Å². The van der Waals surface area contributed by atoms with Gasteiger partial charge in [-0.25, -0.2) is 9.18 Å². The fourth-order valence-corrected chi connectivity index (χ4v) is 3.61. The summed E-state index contributed by atoms with van der Waals surface area (Å²) in [6.07, 6.45) is 3.47. The van der Waals surface area contributed by atoms with Gasteiger partial charge in [-0.15, -0.1) is 0 Å². The van der Waals surface area contributed by atoms with Crippen molar-refractivity contribution in [1.29, 1.82) is 0 Å². The summed E-state index contributed by atoms with van der Waals surface area (Å²) in [5, 5.41) is 13.5. The SMILES string of the molecule is CCN1CCCC1CNC(=O)N(CC(O)c1ccc(F)cc1)C1CC1. The van der Waals surface area contributed by atoms with E-state index < -0.39 is 6.10 Å². The molecule has 3 rings (SSSR count). The molecular formula is C19H28FN3O2. The van der Waals surface area contributed by atoms with Gasteiger partial charge in [-0.05, 0) is 56.5 Å². The molecule has 1 aliphatic heterocycles. The second-order valence-electron chi connectivity index (χ2n) is 7.06. The van der Waals surface area contributed by atoms with E-state index in [2.05, 4.69) is 17.1 Å². The minimum absolute atomic E-state index is 0.105. The number of hydrogen-bond acceptors (Lipinski definition) is 3. The molecule has 0 radical (unpaired) electrons. The summed E-state index contributed by atoms with van der Waals surface area (Å²) in [7, 11) is 0. The molecule has 2 fully saturated rings. The minimum Gasteiger partial charge on any atom is -0.387 e. The fourth-order valence-electron chi connectivity index (χ4n) is 3.61. The molecular weight excluding hydrogens is 321 g/mol. The van der Waals surface area contributed by atoms with E-state index in [9.17, 15) is 14.3 Å². The lowest BCUT2D eigenvalue weighted by atomic mass is 10.1. The van der Waals surface area contributed by atoms with Gasteiger partial charge in [0.25, 0.3) is 0 Å². The third kappa shape index (κ3) is 4.70. The maximum Gasteiger partial charge on any atom is 0.317 e. The third-order valence-electron chi connectivity index (χ3n) is 5.27.